The van der Waals surface area contributed by atoms with Gasteiger partial charge in [0.25, 0.3) is 5.91 Å². The van der Waals surface area contributed by atoms with Crippen LogP contribution in [0.5, 0.6) is 0 Å². The molecule has 4 nitrogen and oxygen atoms in total. The number of anilines is 1. The lowest BCUT2D eigenvalue weighted by Crippen LogP contribution is -2.22. The molecule has 0 atom stereocenters. The molecule has 1 aromatic heterocycles. The minimum Gasteiger partial charge on any atom is -0.451 e. The van der Waals surface area contributed by atoms with Gasteiger partial charge in [-0.05, 0) is 36.8 Å². The summed E-state index contributed by atoms with van der Waals surface area (Å²) in [5.41, 5.74) is -0.206. The van der Waals surface area contributed by atoms with Crippen LogP contribution in [-0.2, 0) is 9.53 Å². The molecular formula is C18H12F3NO3S. The van der Waals surface area contributed by atoms with Gasteiger partial charge >= 0.3 is 5.97 Å². The zero-order valence-electron chi connectivity index (χ0n) is 13.4. The van der Waals surface area contributed by atoms with Gasteiger partial charge in [-0.2, -0.15) is 0 Å². The van der Waals surface area contributed by atoms with Crippen molar-refractivity contribution in [3.63, 3.8) is 0 Å². The van der Waals surface area contributed by atoms with Crippen LogP contribution < -0.4 is 5.32 Å². The fraction of sp³-hybridized carbons (Fsp3) is 0.111. The molecule has 3 aromatic rings. The van der Waals surface area contributed by atoms with Crippen LogP contribution in [0, 0.1) is 24.4 Å². The van der Waals surface area contributed by atoms with E-state index in [1.165, 1.54) is 12.1 Å². The highest BCUT2D eigenvalue weighted by molar-refractivity contribution is 7.21. The number of fused-ring (bicyclic) bond motifs is 1. The summed E-state index contributed by atoms with van der Waals surface area (Å²) in [6, 6.07) is 7.61. The van der Waals surface area contributed by atoms with Crippen LogP contribution >= 0.6 is 11.3 Å². The van der Waals surface area contributed by atoms with Crippen molar-refractivity contribution >= 4 is 39.0 Å². The third-order valence-corrected chi connectivity index (χ3v) is 4.89. The Labute approximate surface area is 150 Å². The molecule has 0 radical (unpaired) electrons. The van der Waals surface area contributed by atoms with Crippen molar-refractivity contribution in [1.29, 1.82) is 0 Å². The van der Waals surface area contributed by atoms with E-state index in [2.05, 4.69) is 0 Å². The predicted molar refractivity (Wildman–Crippen MR) is 91.8 cm³/mol. The largest absolute Gasteiger partial charge is 0.451 e. The summed E-state index contributed by atoms with van der Waals surface area (Å²) in [4.78, 5) is 24.1. The fourth-order valence-electron chi connectivity index (χ4n) is 2.44. The standard InChI is InChI=1S/C18H12F3NO3S/c1-9-15-10(19)4-3-7-13(15)26-17(9)18(24)25-8-14(23)22-16-11(20)5-2-6-12(16)21/h2-7H,8H2,1H3,(H,22,23). The molecule has 0 spiro atoms. The Hall–Kier alpha value is -2.87. The summed E-state index contributed by atoms with van der Waals surface area (Å²) in [7, 11) is 0. The van der Waals surface area contributed by atoms with Crippen molar-refractivity contribution < 1.29 is 27.5 Å². The zero-order valence-corrected chi connectivity index (χ0v) is 14.3. The summed E-state index contributed by atoms with van der Waals surface area (Å²) >= 11 is 1.04. The number of esters is 1. The molecule has 0 bridgehead atoms. The molecule has 8 heteroatoms. The van der Waals surface area contributed by atoms with E-state index in [0.29, 0.717) is 15.6 Å². The first-order valence-electron chi connectivity index (χ1n) is 7.47. The van der Waals surface area contributed by atoms with Gasteiger partial charge in [0.2, 0.25) is 0 Å². The van der Waals surface area contributed by atoms with Gasteiger partial charge in [0, 0.05) is 10.1 Å². The predicted octanol–water partition coefficient (Wildman–Crippen LogP) is 4.42. The average Bonchev–Trinajstić information content (AvgIpc) is 2.94. The van der Waals surface area contributed by atoms with Crippen LogP contribution in [0.15, 0.2) is 36.4 Å². The minimum absolute atomic E-state index is 0.162. The minimum atomic E-state index is -0.944. The highest BCUT2D eigenvalue weighted by Crippen LogP contribution is 2.33. The van der Waals surface area contributed by atoms with E-state index in [1.54, 1.807) is 13.0 Å². The van der Waals surface area contributed by atoms with Gasteiger partial charge in [-0.3, -0.25) is 4.79 Å². The molecule has 0 saturated heterocycles. The first-order valence-corrected chi connectivity index (χ1v) is 8.28. The fourth-order valence-corrected chi connectivity index (χ4v) is 3.55. The maximum Gasteiger partial charge on any atom is 0.349 e. The first-order chi connectivity index (χ1) is 12.4. The van der Waals surface area contributed by atoms with Crippen molar-refractivity contribution in [1.82, 2.24) is 0 Å². The monoisotopic (exact) mass is 379 g/mol. The quantitative estimate of drug-likeness (QED) is 0.683. The Bertz CT molecular complexity index is 996. The SMILES string of the molecule is Cc1c(C(=O)OCC(=O)Nc2c(F)cccc2F)sc2cccc(F)c12. The number of nitrogens with one attached hydrogen (secondary N) is 1. The van der Waals surface area contributed by atoms with Gasteiger partial charge in [0.1, 0.15) is 28.0 Å². The molecular weight excluding hydrogens is 367 g/mol. The first kappa shape index (κ1) is 17.9. The Morgan fingerprint density at radius 1 is 1.04 bits per heavy atom. The van der Waals surface area contributed by atoms with Gasteiger partial charge < -0.3 is 10.1 Å². The van der Waals surface area contributed by atoms with Gasteiger partial charge in [-0.25, -0.2) is 18.0 Å². The number of aryl methyl sites for hydroxylation is 1. The number of rotatable bonds is 4. The van der Waals surface area contributed by atoms with E-state index >= 15 is 0 Å². The number of ether oxygens (including phenoxy) is 1. The topological polar surface area (TPSA) is 55.4 Å². The molecule has 0 fully saturated rings. The van der Waals surface area contributed by atoms with Crippen molar-refractivity contribution in [2.75, 3.05) is 11.9 Å². The Kier molecular flexibility index (Phi) is 4.94. The molecule has 1 heterocycles. The third-order valence-electron chi connectivity index (χ3n) is 3.65. The second-order valence-corrected chi connectivity index (χ2v) is 6.44. The van der Waals surface area contributed by atoms with Crippen LogP contribution in [0.2, 0.25) is 0 Å². The van der Waals surface area contributed by atoms with Crippen LogP contribution in [-0.4, -0.2) is 18.5 Å². The molecule has 0 unspecified atom stereocenters. The summed E-state index contributed by atoms with van der Waals surface area (Å²) in [5.74, 6) is -4.05. The number of benzene rings is 2. The molecule has 0 aliphatic heterocycles. The summed E-state index contributed by atoms with van der Waals surface area (Å²) in [6.45, 7) is 0.843. The third kappa shape index (κ3) is 3.41. The molecule has 0 aliphatic rings. The van der Waals surface area contributed by atoms with Gasteiger partial charge in [-0.15, -0.1) is 11.3 Å². The number of hydrogen-bond donors (Lipinski definition) is 1. The van der Waals surface area contributed by atoms with Crippen molar-refractivity contribution in [3.8, 4) is 0 Å². The van der Waals surface area contributed by atoms with Crippen molar-refractivity contribution in [2.24, 2.45) is 0 Å². The maximum absolute atomic E-state index is 13.9. The lowest BCUT2D eigenvalue weighted by Gasteiger charge is -2.08. The smallest absolute Gasteiger partial charge is 0.349 e. The average molecular weight is 379 g/mol. The highest BCUT2D eigenvalue weighted by atomic mass is 32.1. The molecule has 0 aliphatic carbocycles. The lowest BCUT2D eigenvalue weighted by atomic mass is 10.1. The summed E-state index contributed by atoms with van der Waals surface area (Å²) in [5, 5.41) is 2.33. The van der Waals surface area contributed by atoms with E-state index < -0.39 is 41.6 Å². The number of thiophene rings is 1. The Morgan fingerprint density at radius 3 is 2.31 bits per heavy atom. The van der Waals surface area contributed by atoms with Crippen LogP contribution in [0.3, 0.4) is 0 Å². The Morgan fingerprint density at radius 2 is 1.65 bits per heavy atom. The van der Waals surface area contributed by atoms with Crippen LogP contribution in [0.25, 0.3) is 10.1 Å². The summed E-state index contributed by atoms with van der Waals surface area (Å²) in [6.07, 6.45) is 0. The van der Waals surface area contributed by atoms with E-state index in [4.69, 9.17) is 4.74 Å². The van der Waals surface area contributed by atoms with E-state index in [-0.39, 0.29) is 4.88 Å². The lowest BCUT2D eigenvalue weighted by molar-refractivity contribution is -0.119. The number of para-hydroxylation sites is 1. The van der Waals surface area contributed by atoms with Gasteiger partial charge in [0.05, 0.1) is 0 Å². The molecule has 1 amide bonds. The molecule has 0 saturated carbocycles. The molecule has 3 rings (SSSR count). The van der Waals surface area contributed by atoms with E-state index in [9.17, 15) is 22.8 Å². The number of carbonyl (C=O) groups is 2. The van der Waals surface area contributed by atoms with E-state index in [1.807, 2.05) is 5.32 Å². The van der Waals surface area contributed by atoms with Gasteiger partial charge in [0.15, 0.2) is 6.61 Å². The van der Waals surface area contributed by atoms with Gasteiger partial charge in [-0.1, -0.05) is 12.1 Å². The normalized spacial score (nSPS) is 10.8. The van der Waals surface area contributed by atoms with Crippen LogP contribution in [0.1, 0.15) is 15.2 Å². The molecule has 2 aromatic carbocycles. The van der Waals surface area contributed by atoms with Crippen LogP contribution in [0.4, 0.5) is 18.9 Å². The second kappa shape index (κ2) is 7.17. The molecule has 26 heavy (non-hydrogen) atoms. The summed E-state index contributed by atoms with van der Waals surface area (Å²) < 4.78 is 46.3. The van der Waals surface area contributed by atoms with E-state index in [0.717, 1.165) is 29.5 Å². The maximum atomic E-state index is 13.9. The number of halogens is 3. The molecule has 134 valence electrons. The number of amides is 1. The zero-order chi connectivity index (χ0) is 18.8. The Balaban J connectivity index is 1.70. The molecule has 1 N–H and O–H groups in total. The number of carbonyl (C=O) groups excluding carboxylic acids is 2. The number of hydrogen-bond acceptors (Lipinski definition) is 4. The highest BCUT2D eigenvalue weighted by Gasteiger charge is 2.20. The van der Waals surface area contributed by atoms with Crippen molar-refractivity contribution in [2.45, 2.75) is 6.92 Å². The van der Waals surface area contributed by atoms with Crippen molar-refractivity contribution in [3.05, 3.63) is 64.3 Å². The second-order valence-electron chi connectivity index (χ2n) is 5.39.